The van der Waals surface area contributed by atoms with Crippen LogP contribution in [-0.4, -0.2) is 20.6 Å². The number of hydrogen-bond acceptors (Lipinski definition) is 5. The molecule has 0 atom stereocenters. The van der Waals surface area contributed by atoms with Gasteiger partial charge in [0.1, 0.15) is 18.2 Å². The van der Waals surface area contributed by atoms with Crippen molar-refractivity contribution < 1.29 is 9.53 Å². The summed E-state index contributed by atoms with van der Waals surface area (Å²) in [5.41, 5.74) is 1.55. The fourth-order valence-electron chi connectivity index (χ4n) is 1.99. The lowest BCUT2D eigenvalue weighted by Gasteiger charge is -2.08. The molecule has 2 amide bonds. The maximum atomic E-state index is 11.9. The van der Waals surface area contributed by atoms with Crippen LogP contribution in [0.3, 0.4) is 0 Å². The first kappa shape index (κ1) is 16.0. The van der Waals surface area contributed by atoms with Gasteiger partial charge in [-0.2, -0.15) is 0 Å². The van der Waals surface area contributed by atoms with Crippen molar-refractivity contribution in [2.24, 2.45) is 7.05 Å². The van der Waals surface area contributed by atoms with Gasteiger partial charge < -0.3 is 14.6 Å². The Bertz CT molecular complexity index is 825. The van der Waals surface area contributed by atoms with Crippen molar-refractivity contribution >= 4 is 28.2 Å². The molecule has 24 heavy (non-hydrogen) atoms. The number of thiazole rings is 1. The first-order valence-electron chi connectivity index (χ1n) is 7.29. The number of urea groups is 1. The summed E-state index contributed by atoms with van der Waals surface area (Å²) in [4.78, 5) is 20.3. The summed E-state index contributed by atoms with van der Waals surface area (Å²) in [6, 6.07) is 6.82. The summed E-state index contributed by atoms with van der Waals surface area (Å²) in [6.45, 7) is 2.27. The molecule has 0 fully saturated rings. The highest BCUT2D eigenvalue weighted by atomic mass is 32.1. The van der Waals surface area contributed by atoms with Crippen molar-refractivity contribution in [1.29, 1.82) is 0 Å². The van der Waals surface area contributed by atoms with Crippen LogP contribution in [-0.2, 0) is 13.7 Å². The Balaban J connectivity index is 1.52. The van der Waals surface area contributed by atoms with E-state index in [-0.39, 0.29) is 6.03 Å². The first-order valence-corrected chi connectivity index (χ1v) is 8.17. The van der Waals surface area contributed by atoms with E-state index in [1.165, 1.54) is 11.3 Å². The summed E-state index contributed by atoms with van der Waals surface area (Å²) in [6.07, 6.45) is 3.60. The van der Waals surface area contributed by atoms with E-state index < -0.39 is 0 Å². The predicted molar refractivity (Wildman–Crippen MR) is 93.5 cm³/mol. The number of carbonyl (C=O) groups excluding carboxylic acids is 1. The number of nitrogens with zero attached hydrogens (tertiary/aromatic N) is 3. The Labute approximate surface area is 143 Å². The molecule has 0 saturated carbocycles. The first-order chi connectivity index (χ1) is 11.6. The van der Waals surface area contributed by atoms with E-state index in [9.17, 15) is 4.79 Å². The van der Waals surface area contributed by atoms with Crippen LogP contribution in [0.4, 0.5) is 15.6 Å². The van der Waals surface area contributed by atoms with Gasteiger partial charge in [0, 0.05) is 30.5 Å². The molecular weight excluding hydrogens is 326 g/mol. The van der Waals surface area contributed by atoms with Gasteiger partial charge in [-0.1, -0.05) is 0 Å². The van der Waals surface area contributed by atoms with Crippen LogP contribution in [0, 0.1) is 6.92 Å². The molecule has 0 saturated heterocycles. The standard InChI is InChI=1S/C16H17N5O2S/c1-11-10-24-16(18-11)20-15(22)19-12-3-5-13(6-4-12)23-9-14-17-7-8-21(14)2/h3-8,10H,9H2,1-2H3,(H2,18,19,20,22). The highest BCUT2D eigenvalue weighted by Gasteiger charge is 2.06. The van der Waals surface area contributed by atoms with Gasteiger partial charge in [0.25, 0.3) is 0 Å². The summed E-state index contributed by atoms with van der Waals surface area (Å²) in [7, 11) is 1.92. The zero-order valence-corrected chi connectivity index (χ0v) is 14.1. The Morgan fingerprint density at radius 3 is 2.71 bits per heavy atom. The van der Waals surface area contributed by atoms with Crippen LogP contribution in [0.2, 0.25) is 0 Å². The molecule has 2 aromatic heterocycles. The smallest absolute Gasteiger partial charge is 0.325 e. The van der Waals surface area contributed by atoms with Gasteiger partial charge in [0.05, 0.1) is 5.69 Å². The number of rotatable bonds is 5. The van der Waals surface area contributed by atoms with E-state index >= 15 is 0 Å². The van der Waals surface area contributed by atoms with Gasteiger partial charge in [-0.25, -0.2) is 14.8 Å². The van der Waals surface area contributed by atoms with Gasteiger partial charge in [-0.15, -0.1) is 11.3 Å². The second-order valence-electron chi connectivity index (χ2n) is 5.14. The molecule has 3 rings (SSSR count). The lowest BCUT2D eigenvalue weighted by Crippen LogP contribution is -2.19. The van der Waals surface area contributed by atoms with Crippen LogP contribution in [0.5, 0.6) is 5.75 Å². The largest absolute Gasteiger partial charge is 0.486 e. The average Bonchev–Trinajstić information content (AvgIpc) is 3.15. The van der Waals surface area contributed by atoms with Crippen LogP contribution < -0.4 is 15.4 Å². The molecule has 0 aliphatic carbocycles. The maximum Gasteiger partial charge on any atom is 0.325 e. The number of anilines is 2. The molecule has 7 nitrogen and oxygen atoms in total. The van der Waals surface area contributed by atoms with E-state index in [1.807, 2.05) is 30.1 Å². The minimum absolute atomic E-state index is 0.328. The third-order valence-corrected chi connectivity index (χ3v) is 4.12. The lowest BCUT2D eigenvalue weighted by molar-refractivity contribution is 0.262. The van der Waals surface area contributed by atoms with Crippen molar-refractivity contribution in [3.63, 3.8) is 0 Å². The fraction of sp³-hybridized carbons (Fsp3) is 0.188. The second kappa shape index (κ2) is 7.14. The van der Waals surface area contributed by atoms with Gasteiger partial charge >= 0.3 is 6.03 Å². The third-order valence-electron chi connectivity index (χ3n) is 3.24. The highest BCUT2D eigenvalue weighted by Crippen LogP contribution is 2.18. The van der Waals surface area contributed by atoms with E-state index in [0.29, 0.717) is 23.2 Å². The predicted octanol–water partition coefficient (Wildman–Crippen LogP) is 3.41. The van der Waals surface area contributed by atoms with E-state index in [0.717, 1.165) is 11.5 Å². The summed E-state index contributed by atoms with van der Waals surface area (Å²) in [5.74, 6) is 1.55. The Hall–Kier alpha value is -2.87. The molecule has 2 heterocycles. The molecule has 0 unspecified atom stereocenters. The number of ether oxygens (including phenoxy) is 1. The monoisotopic (exact) mass is 343 g/mol. The molecule has 8 heteroatoms. The Morgan fingerprint density at radius 1 is 1.29 bits per heavy atom. The second-order valence-corrected chi connectivity index (χ2v) is 6.00. The quantitative estimate of drug-likeness (QED) is 0.744. The van der Waals surface area contributed by atoms with E-state index in [4.69, 9.17) is 4.74 Å². The van der Waals surface area contributed by atoms with E-state index in [2.05, 4.69) is 20.6 Å². The highest BCUT2D eigenvalue weighted by molar-refractivity contribution is 7.13. The van der Waals surface area contributed by atoms with Crippen LogP contribution in [0.1, 0.15) is 11.5 Å². The molecule has 0 aliphatic heterocycles. The fourth-order valence-corrected chi connectivity index (χ4v) is 2.67. The third kappa shape index (κ3) is 4.11. The summed E-state index contributed by atoms with van der Waals surface area (Å²) in [5, 5.41) is 7.89. The normalized spacial score (nSPS) is 10.4. The van der Waals surface area contributed by atoms with Crippen molar-refractivity contribution in [3.05, 3.63) is 53.6 Å². The van der Waals surface area contributed by atoms with Gasteiger partial charge in [-0.3, -0.25) is 5.32 Å². The molecule has 0 bridgehead atoms. The molecular formula is C16H17N5O2S. The topological polar surface area (TPSA) is 81.1 Å². The number of amides is 2. The van der Waals surface area contributed by atoms with E-state index in [1.54, 1.807) is 30.5 Å². The number of benzene rings is 1. The van der Waals surface area contributed by atoms with Crippen molar-refractivity contribution in [2.75, 3.05) is 10.6 Å². The van der Waals surface area contributed by atoms with Crippen LogP contribution in [0.25, 0.3) is 0 Å². The number of imidazole rings is 1. The maximum absolute atomic E-state index is 11.9. The number of hydrogen-bond donors (Lipinski definition) is 2. The molecule has 2 N–H and O–H groups in total. The van der Waals surface area contributed by atoms with Crippen molar-refractivity contribution in [1.82, 2.24) is 14.5 Å². The molecule has 124 valence electrons. The van der Waals surface area contributed by atoms with Crippen molar-refractivity contribution in [2.45, 2.75) is 13.5 Å². The zero-order chi connectivity index (χ0) is 16.9. The minimum atomic E-state index is -0.328. The average molecular weight is 343 g/mol. The number of carbonyl (C=O) groups is 1. The number of aromatic nitrogens is 3. The number of nitrogens with one attached hydrogen (secondary N) is 2. The summed E-state index contributed by atoms with van der Waals surface area (Å²) < 4.78 is 7.57. The zero-order valence-electron chi connectivity index (χ0n) is 13.3. The van der Waals surface area contributed by atoms with Crippen molar-refractivity contribution in [3.8, 4) is 5.75 Å². The molecule has 0 aliphatic rings. The summed E-state index contributed by atoms with van der Waals surface area (Å²) >= 11 is 1.39. The molecule has 0 spiro atoms. The Morgan fingerprint density at radius 2 is 2.08 bits per heavy atom. The minimum Gasteiger partial charge on any atom is -0.486 e. The van der Waals surface area contributed by atoms with Crippen LogP contribution >= 0.6 is 11.3 Å². The van der Waals surface area contributed by atoms with Crippen LogP contribution in [0.15, 0.2) is 42.0 Å². The van der Waals surface area contributed by atoms with Gasteiger partial charge in [0.2, 0.25) is 0 Å². The molecule has 1 aromatic carbocycles. The molecule has 0 radical (unpaired) electrons. The number of aryl methyl sites for hydroxylation is 2. The lowest BCUT2D eigenvalue weighted by atomic mass is 10.3. The SMILES string of the molecule is Cc1csc(NC(=O)Nc2ccc(OCc3nccn3C)cc2)n1. The van der Waals surface area contributed by atoms with Gasteiger partial charge in [-0.05, 0) is 31.2 Å². The Kier molecular flexibility index (Phi) is 4.76. The molecule has 3 aromatic rings. The van der Waals surface area contributed by atoms with Gasteiger partial charge in [0.15, 0.2) is 5.13 Å².